The third-order valence-corrected chi connectivity index (χ3v) is 7.46. The number of hydrogen-bond acceptors (Lipinski definition) is 3. The molecule has 5 nitrogen and oxygen atoms in total. The lowest BCUT2D eigenvalue weighted by molar-refractivity contribution is -0.137. The Hall–Kier alpha value is -4.38. The lowest BCUT2D eigenvalue weighted by Gasteiger charge is -2.21. The second-order valence-corrected chi connectivity index (χ2v) is 10.8. The van der Waals surface area contributed by atoms with Crippen molar-refractivity contribution in [2.45, 2.75) is 65.2 Å². The maximum Gasteiger partial charge on any atom is 0.303 e. The Morgan fingerprint density at radius 3 is 1.90 bits per heavy atom. The number of rotatable bonds is 14. The van der Waals surface area contributed by atoms with Crippen molar-refractivity contribution in [1.29, 1.82) is 0 Å². The summed E-state index contributed by atoms with van der Waals surface area (Å²) in [6.07, 6.45) is 4.77. The predicted octanol–water partition coefficient (Wildman–Crippen LogP) is 8.58. The highest BCUT2D eigenvalue weighted by Crippen LogP contribution is 2.34. The zero-order valence-corrected chi connectivity index (χ0v) is 24.9. The molecule has 42 heavy (non-hydrogen) atoms. The van der Waals surface area contributed by atoms with Crippen molar-refractivity contribution < 1.29 is 19.4 Å². The number of anilines is 1. The first-order chi connectivity index (χ1) is 20.4. The van der Waals surface area contributed by atoms with Gasteiger partial charge in [0.25, 0.3) is 5.91 Å². The molecule has 0 spiro atoms. The maximum absolute atomic E-state index is 13.3. The zero-order chi connectivity index (χ0) is 29.9. The van der Waals surface area contributed by atoms with Crippen LogP contribution in [0.4, 0.5) is 5.69 Å². The smallest absolute Gasteiger partial charge is 0.303 e. The number of para-hydroxylation sites is 1. The van der Waals surface area contributed by atoms with Crippen molar-refractivity contribution in [3.63, 3.8) is 0 Å². The summed E-state index contributed by atoms with van der Waals surface area (Å²) in [5.41, 5.74) is 8.45. The van der Waals surface area contributed by atoms with E-state index in [4.69, 9.17) is 9.84 Å². The normalized spacial score (nSPS) is 11.0. The van der Waals surface area contributed by atoms with Crippen LogP contribution in [0.5, 0.6) is 5.75 Å². The molecule has 0 bridgehead atoms. The molecule has 0 radical (unpaired) electrons. The molecule has 0 aliphatic heterocycles. The minimum atomic E-state index is -0.868. The van der Waals surface area contributed by atoms with Crippen LogP contribution in [0.3, 0.4) is 0 Å². The monoisotopic (exact) mass is 563 g/mol. The Labute approximate surface area is 249 Å². The SMILES string of the molecule is CCCc1ccc(C(c2ccc(CCC)cc2)c2ccc(NC(=O)c3ccccc3OCCCC(=O)O)c(C)c2)cc1. The van der Waals surface area contributed by atoms with E-state index in [1.54, 1.807) is 24.3 Å². The summed E-state index contributed by atoms with van der Waals surface area (Å²) in [5, 5.41) is 11.9. The van der Waals surface area contributed by atoms with E-state index in [1.807, 2.05) is 13.0 Å². The molecule has 0 aliphatic rings. The highest BCUT2D eigenvalue weighted by Gasteiger charge is 2.19. The quantitative estimate of drug-likeness (QED) is 0.119. The van der Waals surface area contributed by atoms with Crippen LogP contribution >= 0.6 is 0 Å². The average molecular weight is 564 g/mol. The molecule has 4 rings (SSSR count). The summed E-state index contributed by atoms with van der Waals surface area (Å²) in [4.78, 5) is 24.1. The molecule has 0 saturated carbocycles. The molecule has 0 atom stereocenters. The molecule has 0 fully saturated rings. The van der Waals surface area contributed by atoms with E-state index < -0.39 is 5.97 Å². The summed E-state index contributed by atoms with van der Waals surface area (Å²) >= 11 is 0. The first kappa shape index (κ1) is 30.6. The number of hydrogen-bond donors (Lipinski definition) is 2. The number of aryl methyl sites for hydroxylation is 3. The molecule has 0 aromatic heterocycles. The highest BCUT2D eigenvalue weighted by atomic mass is 16.5. The fraction of sp³-hybridized carbons (Fsp3) is 0.297. The molecular weight excluding hydrogens is 522 g/mol. The highest BCUT2D eigenvalue weighted by molar-refractivity contribution is 6.06. The largest absolute Gasteiger partial charge is 0.493 e. The van der Waals surface area contributed by atoms with Crippen molar-refractivity contribution >= 4 is 17.6 Å². The lowest BCUT2D eigenvalue weighted by atomic mass is 9.83. The minimum absolute atomic E-state index is 0.0205. The van der Waals surface area contributed by atoms with Crippen LogP contribution in [0, 0.1) is 6.92 Å². The molecule has 0 heterocycles. The third kappa shape index (κ3) is 8.10. The van der Waals surface area contributed by atoms with Crippen LogP contribution < -0.4 is 10.1 Å². The van der Waals surface area contributed by atoms with Crippen LogP contribution in [0.2, 0.25) is 0 Å². The third-order valence-electron chi connectivity index (χ3n) is 7.46. The van der Waals surface area contributed by atoms with Crippen LogP contribution in [0.1, 0.15) is 89.2 Å². The number of carboxylic acid groups (broad SMARTS) is 1. The van der Waals surface area contributed by atoms with Crippen molar-refractivity contribution in [3.8, 4) is 5.75 Å². The van der Waals surface area contributed by atoms with E-state index in [2.05, 4.69) is 79.8 Å². The van der Waals surface area contributed by atoms with Gasteiger partial charge in [-0.1, -0.05) is 99.5 Å². The van der Waals surface area contributed by atoms with Crippen LogP contribution in [-0.2, 0) is 17.6 Å². The zero-order valence-electron chi connectivity index (χ0n) is 24.9. The molecule has 0 saturated heterocycles. The molecule has 5 heteroatoms. The van der Waals surface area contributed by atoms with Crippen molar-refractivity contribution in [3.05, 3.63) is 130 Å². The molecule has 4 aromatic rings. The minimum Gasteiger partial charge on any atom is -0.493 e. The van der Waals surface area contributed by atoms with Crippen LogP contribution in [0.15, 0.2) is 91.0 Å². The van der Waals surface area contributed by atoms with Crippen LogP contribution in [0.25, 0.3) is 0 Å². The van der Waals surface area contributed by atoms with Gasteiger partial charge >= 0.3 is 5.97 Å². The summed E-state index contributed by atoms with van der Waals surface area (Å²) in [6.45, 7) is 6.64. The number of nitrogens with one attached hydrogen (secondary N) is 1. The first-order valence-electron chi connectivity index (χ1n) is 14.9. The van der Waals surface area contributed by atoms with Gasteiger partial charge in [-0.05, 0) is 77.8 Å². The topological polar surface area (TPSA) is 75.6 Å². The van der Waals surface area contributed by atoms with Gasteiger partial charge in [0, 0.05) is 18.0 Å². The molecule has 2 N–H and O–H groups in total. The first-order valence-corrected chi connectivity index (χ1v) is 14.9. The molecular formula is C37H41NO4. The van der Waals surface area contributed by atoms with E-state index in [9.17, 15) is 9.59 Å². The van der Waals surface area contributed by atoms with E-state index >= 15 is 0 Å². The Bertz CT molecular complexity index is 1430. The maximum atomic E-state index is 13.3. The van der Waals surface area contributed by atoms with Crippen LogP contribution in [-0.4, -0.2) is 23.6 Å². The second-order valence-electron chi connectivity index (χ2n) is 10.8. The van der Waals surface area contributed by atoms with Gasteiger partial charge in [-0.3, -0.25) is 9.59 Å². The summed E-state index contributed by atoms with van der Waals surface area (Å²) in [6, 6.07) is 31.2. The summed E-state index contributed by atoms with van der Waals surface area (Å²) in [7, 11) is 0. The van der Waals surface area contributed by atoms with Gasteiger partial charge in [-0.2, -0.15) is 0 Å². The van der Waals surface area contributed by atoms with E-state index in [-0.39, 0.29) is 24.9 Å². The molecule has 4 aromatic carbocycles. The fourth-order valence-electron chi connectivity index (χ4n) is 5.29. The van der Waals surface area contributed by atoms with Gasteiger partial charge in [-0.25, -0.2) is 0 Å². The van der Waals surface area contributed by atoms with Gasteiger partial charge < -0.3 is 15.2 Å². The molecule has 0 aliphatic carbocycles. The van der Waals surface area contributed by atoms with E-state index in [0.717, 1.165) is 36.9 Å². The number of aliphatic carboxylic acids is 1. The summed E-state index contributed by atoms with van der Waals surface area (Å²) < 4.78 is 5.75. The Morgan fingerprint density at radius 1 is 0.786 bits per heavy atom. The summed E-state index contributed by atoms with van der Waals surface area (Å²) in [5.74, 6) is -0.630. The number of benzene rings is 4. The standard InChI is InChI=1S/C37H41NO4/c1-4-9-27-14-18-29(19-15-27)36(30-20-16-28(10-5-2)17-21-30)31-22-23-33(26(3)25-31)38-37(41)32-11-6-7-12-34(32)42-24-8-13-35(39)40/h6-7,11-12,14-23,25,36H,4-5,8-10,13,24H2,1-3H3,(H,38,41)(H,39,40). The second kappa shape index (κ2) is 15.0. The van der Waals surface area contributed by atoms with Gasteiger partial charge in [0.15, 0.2) is 0 Å². The number of ether oxygens (including phenoxy) is 1. The average Bonchev–Trinajstić information content (AvgIpc) is 2.99. The van der Waals surface area contributed by atoms with Gasteiger partial charge in [-0.15, -0.1) is 0 Å². The lowest BCUT2D eigenvalue weighted by Crippen LogP contribution is -2.15. The molecule has 218 valence electrons. The Balaban J connectivity index is 1.58. The van der Waals surface area contributed by atoms with E-state index in [0.29, 0.717) is 17.7 Å². The molecule has 1 amide bonds. The number of carbonyl (C=O) groups is 2. The van der Waals surface area contributed by atoms with E-state index in [1.165, 1.54) is 27.8 Å². The predicted molar refractivity (Wildman–Crippen MR) is 170 cm³/mol. The molecule has 0 unspecified atom stereocenters. The van der Waals surface area contributed by atoms with Gasteiger partial charge in [0.05, 0.1) is 12.2 Å². The Kier molecular flexibility index (Phi) is 10.9. The van der Waals surface area contributed by atoms with Gasteiger partial charge in [0.1, 0.15) is 5.75 Å². The Morgan fingerprint density at radius 2 is 1.36 bits per heavy atom. The van der Waals surface area contributed by atoms with Crippen molar-refractivity contribution in [2.75, 3.05) is 11.9 Å². The number of amides is 1. The number of carboxylic acids is 1. The fourth-order valence-corrected chi connectivity index (χ4v) is 5.29. The van der Waals surface area contributed by atoms with Crippen molar-refractivity contribution in [2.24, 2.45) is 0 Å². The van der Waals surface area contributed by atoms with Crippen molar-refractivity contribution in [1.82, 2.24) is 0 Å². The number of carbonyl (C=O) groups excluding carboxylic acids is 1. The van der Waals surface area contributed by atoms with Gasteiger partial charge in [0.2, 0.25) is 0 Å².